The van der Waals surface area contributed by atoms with Crippen molar-refractivity contribution in [3.8, 4) is 11.6 Å². The van der Waals surface area contributed by atoms with Crippen LogP contribution in [0.15, 0.2) is 57.8 Å². The third-order valence-electron chi connectivity index (χ3n) is 6.22. The van der Waals surface area contributed by atoms with Crippen molar-refractivity contribution in [2.24, 2.45) is 0 Å². The Hall–Kier alpha value is -2.94. The van der Waals surface area contributed by atoms with Crippen molar-refractivity contribution in [1.82, 2.24) is 19.8 Å². The Balaban J connectivity index is 1.12. The molecule has 10 heteroatoms. The second kappa shape index (κ2) is 10.4. The molecule has 7 nitrogen and oxygen atoms in total. The first-order valence-corrected chi connectivity index (χ1v) is 12.2. The minimum absolute atomic E-state index is 0.303. The summed E-state index contributed by atoms with van der Waals surface area (Å²) in [6.45, 7) is 3.23. The van der Waals surface area contributed by atoms with Gasteiger partial charge < -0.3 is 14.2 Å². The smallest absolute Gasteiger partial charge is 0.271 e. The van der Waals surface area contributed by atoms with Gasteiger partial charge in [0, 0.05) is 41.1 Å². The van der Waals surface area contributed by atoms with Crippen LogP contribution < -0.4 is 10.3 Å². The minimum atomic E-state index is -0.325. The fourth-order valence-electron chi connectivity index (χ4n) is 4.41. The zero-order valence-corrected chi connectivity index (χ0v) is 20.3. The predicted octanol–water partition coefficient (Wildman–Crippen LogP) is 5.47. The molecule has 0 radical (unpaired) electrons. The van der Waals surface area contributed by atoms with Crippen molar-refractivity contribution in [2.45, 2.75) is 25.2 Å². The average molecular weight is 517 g/mol. The Morgan fingerprint density at radius 1 is 1.09 bits per heavy atom. The molecule has 0 bridgehead atoms. The number of fused-ring (bicyclic) bond motifs is 1. The van der Waals surface area contributed by atoms with Crippen LogP contribution in [0, 0.1) is 5.82 Å². The lowest BCUT2D eigenvalue weighted by Crippen LogP contribution is -2.34. The maximum Gasteiger partial charge on any atom is 0.271 e. The Morgan fingerprint density at radius 2 is 1.91 bits per heavy atom. The van der Waals surface area contributed by atoms with Gasteiger partial charge in [0.25, 0.3) is 5.56 Å². The van der Waals surface area contributed by atoms with E-state index in [0.717, 1.165) is 50.0 Å². The van der Waals surface area contributed by atoms with Crippen LogP contribution in [0.5, 0.6) is 5.88 Å². The molecular formula is C25H23Cl2FN4O3. The van der Waals surface area contributed by atoms with Crippen LogP contribution in [0.25, 0.3) is 16.7 Å². The molecule has 5 rings (SSSR count). The number of nitrogens with zero attached hydrogens (tertiary/aromatic N) is 4. The van der Waals surface area contributed by atoms with Gasteiger partial charge in [-0.05, 0) is 62.7 Å². The van der Waals surface area contributed by atoms with Gasteiger partial charge in [-0.3, -0.25) is 4.79 Å². The van der Waals surface area contributed by atoms with Gasteiger partial charge in [0.05, 0.1) is 23.0 Å². The predicted molar refractivity (Wildman–Crippen MR) is 132 cm³/mol. The second-order valence-corrected chi connectivity index (χ2v) is 9.39. The molecule has 182 valence electrons. The van der Waals surface area contributed by atoms with E-state index in [1.807, 2.05) is 0 Å². The quantitative estimate of drug-likeness (QED) is 0.303. The fraction of sp³-hybridized carbons (Fsp3) is 0.320. The molecule has 0 aliphatic carbocycles. The van der Waals surface area contributed by atoms with Gasteiger partial charge >= 0.3 is 0 Å². The molecule has 4 aromatic rings. The molecule has 3 heterocycles. The van der Waals surface area contributed by atoms with Crippen molar-refractivity contribution in [3.63, 3.8) is 0 Å². The summed E-state index contributed by atoms with van der Waals surface area (Å²) in [7, 11) is 0. The van der Waals surface area contributed by atoms with E-state index in [1.165, 1.54) is 22.9 Å². The molecule has 0 spiro atoms. The van der Waals surface area contributed by atoms with E-state index < -0.39 is 0 Å². The summed E-state index contributed by atoms with van der Waals surface area (Å²) in [5, 5.41) is 10.2. The van der Waals surface area contributed by atoms with E-state index in [4.69, 9.17) is 32.5 Å². The Kier molecular flexibility index (Phi) is 7.04. The highest BCUT2D eigenvalue weighted by Crippen LogP contribution is 2.32. The number of hydrogen-bond donors (Lipinski definition) is 0. The zero-order chi connectivity index (χ0) is 24.4. The van der Waals surface area contributed by atoms with Crippen LogP contribution in [0.2, 0.25) is 10.0 Å². The van der Waals surface area contributed by atoms with Crippen LogP contribution in [-0.4, -0.2) is 46.1 Å². The number of benzene rings is 2. The zero-order valence-electron chi connectivity index (χ0n) is 18.8. The van der Waals surface area contributed by atoms with Crippen molar-refractivity contribution in [2.75, 3.05) is 26.2 Å². The number of aromatic nitrogens is 3. The van der Waals surface area contributed by atoms with Crippen molar-refractivity contribution < 1.29 is 13.7 Å². The highest BCUT2D eigenvalue weighted by atomic mass is 35.5. The number of ether oxygens (including phenoxy) is 1. The average Bonchev–Trinajstić information content (AvgIpc) is 3.28. The summed E-state index contributed by atoms with van der Waals surface area (Å²) in [6.07, 6.45) is 2.75. The van der Waals surface area contributed by atoms with Crippen LogP contribution in [-0.2, 0) is 0 Å². The summed E-state index contributed by atoms with van der Waals surface area (Å²) in [6, 6.07) is 12.4. The molecule has 1 aliphatic heterocycles. The minimum Gasteiger partial charge on any atom is -0.477 e. The number of rotatable bonds is 7. The summed E-state index contributed by atoms with van der Waals surface area (Å²) >= 11 is 12.3. The SMILES string of the molecule is O=c1ccc(OCCCN2CCC(c3noc4cc(F)ccc34)CC2)nn1-c1cc(Cl)ccc1Cl. The van der Waals surface area contributed by atoms with Crippen LogP contribution >= 0.6 is 23.2 Å². The van der Waals surface area contributed by atoms with Gasteiger partial charge in [0.1, 0.15) is 5.82 Å². The molecule has 0 saturated carbocycles. The highest BCUT2D eigenvalue weighted by Gasteiger charge is 2.25. The van der Waals surface area contributed by atoms with E-state index in [9.17, 15) is 9.18 Å². The molecule has 0 N–H and O–H groups in total. The summed E-state index contributed by atoms with van der Waals surface area (Å²) in [4.78, 5) is 14.7. The maximum atomic E-state index is 13.4. The van der Waals surface area contributed by atoms with E-state index in [0.29, 0.717) is 39.7 Å². The molecule has 0 atom stereocenters. The first kappa shape index (κ1) is 23.8. The van der Waals surface area contributed by atoms with Gasteiger partial charge in [0.15, 0.2) is 5.58 Å². The van der Waals surface area contributed by atoms with E-state index in [-0.39, 0.29) is 11.4 Å². The van der Waals surface area contributed by atoms with Crippen LogP contribution in [0.1, 0.15) is 30.9 Å². The second-order valence-electron chi connectivity index (χ2n) is 8.54. The normalized spacial score (nSPS) is 15.1. The summed E-state index contributed by atoms with van der Waals surface area (Å²) < 4.78 is 25.7. The van der Waals surface area contributed by atoms with Gasteiger partial charge in [0.2, 0.25) is 5.88 Å². The molecule has 0 unspecified atom stereocenters. The first-order valence-electron chi connectivity index (χ1n) is 11.4. The van der Waals surface area contributed by atoms with Crippen molar-refractivity contribution in [3.05, 3.63) is 80.4 Å². The fourth-order valence-corrected chi connectivity index (χ4v) is 4.78. The van der Waals surface area contributed by atoms with E-state index in [1.54, 1.807) is 30.3 Å². The van der Waals surface area contributed by atoms with Gasteiger partial charge in [-0.1, -0.05) is 28.4 Å². The number of hydrogen-bond acceptors (Lipinski definition) is 6. The number of likely N-dealkylation sites (tertiary alicyclic amines) is 1. The number of halogens is 3. The van der Waals surface area contributed by atoms with Crippen LogP contribution in [0.3, 0.4) is 0 Å². The molecule has 1 fully saturated rings. The molecule has 1 aliphatic rings. The summed E-state index contributed by atoms with van der Waals surface area (Å²) in [5.41, 5.74) is 1.50. The van der Waals surface area contributed by atoms with Crippen molar-refractivity contribution in [1.29, 1.82) is 0 Å². The third kappa shape index (κ3) is 5.34. The Morgan fingerprint density at radius 3 is 2.74 bits per heavy atom. The standard InChI is InChI=1S/C25H23Cl2FN4O3/c26-17-2-5-20(27)21(14-17)32-24(33)7-6-23(29-32)34-13-1-10-31-11-8-16(9-12-31)25-19-4-3-18(28)15-22(19)35-30-25/h2-7,14-16H,1,8-13H2. The molecule has 35 heavy (non-hydrogen) atoms. The summed E-state index contributed by atoms with van der Waals surface area (Å²) in [5.74, 6) is 0.325. The molecule has 0 amide bonds. The van der Waals surface area contributed by atoms with Crippen LogP contribution in [0.4, 0.5) is 4.39 Å². The molecule has 2 aromatic carbocycles. The lowest BCUT2D eigenvalue weighted by Gasteiger charge is -2.31. The van der Waals surface area contributed by atoms with Gasteiger partial charge in [-0.25, -0.2) is 4.39 Å². The van der Waals surface area contributed by atoms with E-state index >= 15 is 0 Å². The molecular weight excluding hydrogens is 494 g/mol. The highest BCUT2D eigenvalue weighted by molar-refractivity contribution is 6.34. The van der Waals surface area contributed by atoms with Gasteiger partial charge in [-0.2, -0.15) is 4.68 Å². The lowest BCUT2D eigenvalue weighted by atomic mass is 9.91. The third-order valence-corrected chi connectivity index (χ3v) is 6.77. The first-order chi connectivity index (χ1) is 17.0. The Labute approximate surface area is 211 Å². The van der Waals surface area contributed by atoms with E-state index in [2.05, 4.69) is 15.2 Å². The Bertz CT molecular complexity index is 1400. The number of piperidine rings is 1. The van der Waals surface area contributed by atoms with Crippen molar-refractivity contribution >= 4 is 34.2 Å². The largest absolute Gasteiger partial charge is 0.477 e. The lowest BCUT2D eigenvalue weighted by molar-refractivity contribution is 0.189. The maximum absolute atomic E-state index is 13.4. The molecule has 2 aromatic heterocycles. The van der Waals surface area contributed by atoms with Gasteiger partial charge in [-0.15, -0.1) is 5.10 Å². The topological polar surface area (TPSA) is 73.4 Å². The molecule has 1 saturated heterocycles. The monoisotopic (exact) mass is 516 g/mol.